The molecule has 0 radical (unpaired) electrons. The standard InChI is InChI=1S/C21H21NO3/c1-16(17-9-5-3-6-10-17)22(2)21(23)20-14-13-19(25-20)15-24-18-11-7-4-8-12-18/h3-14,16H,15H2,1-2H3/t16-/m0/s1. The van der Waals surface area contributed by atoms with Gasteiger partial charge in [-0.05, 0) is 36.8 Å². The highest BCUT2D eigenvalue weighted by Gasteiger charge is 2.21. The number of ether oxygens (including phenoxy) is 1. The second-order valence-electron chi connectivity index (χ2n) is 5.87. The van der Waals surface area contributed by atoms with E-state index in [-0.39, 0.29) is 18.6 Å². The van der Waals surface area contributed by atoms with Gasteiger partial charge in [-0.25, -0.2) is 0 Å². The van der Waals surface area contributed by atoms with Crippen molar-refractivity contribution in [3.8, 4) is 5.75 Å². The van der Waals surface area contributed by atoms with Crippen molar-refractivity contribution in [3.63, 3.8) is 0 Å². The van der Waals surface area contributed by atoms with Crippen LogP contribution >= 0.6 is 0 Å². The Balaban J connectivity index is 1.64. The number of amides is 1. The third-order valence-corrected chi connectivity index (χ3v) is 4.18. The maximum atomic E-state index is 12.6. The molecule has 2 aromatic carbocycles. The van der Waals surface area contributed by atoms with Crippen LogP contribution in [-0.2, 0) is 6.61 Å². The van der Waals surface area contributed by atoms with E-state index in [1.54, 1.807) is 24.1 Å². The zero-order valence-corrected chi connectivity index (χ0v) is 14.4. The van der Waals surface area contributed by atoms with Gasteiger partial charge in [0.05, 0.1) is 6.04 Å². The van der Waals surface area contributed by atoms with Crippen molar-refractivity contribution in [2.45, 2.75) is 19.6 Å². The van der Waals surface area contributed by atoms with Gasteiger partial charge in [-0.1, -0.05) is 48.5 Å². The van der Waals surface area contributed by atoms with Crippen LogP contribution in [0.15, 0.2) is 77.2 Å². The number of nitrogens with zero attached hydrogens (tertiary/aromatic N) is 1. The summed E-state index contributed by atoms with van der Waals surface area (Å²) < 4.78 is 11.3. The van der Waals surface area contributed by atoms with Crippen molar-refractivity contribution in [2.75, 3.05) is 7.05 Å². The molecule has 3 aromatic rings. The summed E-state index contributed by atoms with van der Waals surface area (Å²) in [5.41, 5.74) is 1.08. The molecule has 4 nitrogen and oxygen atoms in total. The lowest BCUT2D eigenvalue weighted by atomic mass is 10.1. The Hall–Kier alpha value is -3.01. The predicted octanol–water partition coefficient (Wildman–Crippen LogP) is 4.69. The van der Waals surface area contributed by atoms with Gasteiger partial charge in [0, 0.05) is 7.05 Å². The van der Waals surface area contributed by atoms with E-state index in [0.29, 0.717) is 11.5 Å². The first kappa shape index (κ1) is 16.8. The summed E-state index contributed by atoms with van der Waals surface area (Å²) in [7, 11) is 1.78. The molecule has 0 unspecified atom stereocenters. The maximum absolute atomic E-state index is 12.6. The van der Waals surface area contributed by atoms with Gasteiger partial charge >= 0.3 is 0 Å². The third kappa shape index (κ3) is 4.10. The molecule has 4 heteroatoms. The van der Waals surface area contributed by atoms with Crippen LogP contribution in [0.2, 0.25) is 0 Å². The zero-order valence-electron chi connectivity index (χ0n) is 14.4. The number of benzene rings is 2. The number of para-hydroxylation sites is 1. The van der Waals surface area contributed by atoms with Gasteiger partial charge in [-0.15, -0.1) is 0 Å². The van der Waals surface area contributed by atoms with Crippen molar-refractivity contribution in [1.29, 1.82) is 0 Å². The minimum Gasteiger partial charge on any atom is -0.486 e. The largest absolute Gasteiger partial charge is 0.486 e. The van der Waals surface area contributed by atoms with Crippen molar-refractivity contribution in [2.24, 2.45) is 0 Å². The highest BCUT2D eigenvalue weighted by Crippen LogP contribution is 2.21. The van der Waals surface area contributed by atoms with E-state index < -0.39 is 0 Å². The maximum Gasteiger partial charge on any atom is 0.289 e. The van der Waals surface area contributed by atoms with E-state index in [1.165, 1.54) is 0 Å². The molecule has 128 valence electrons. The average molecular weight is 335 g/mol. The van der Waals surface area contributed by atoms with Crippen LogP contribution in [0.1, 0.15) is 34.8 Å². The summed E-state index contributed by atoms with van der Waals surface area (Å²) in [4.78, 5) is 14.3. The summed E-state index contributed by atoms with van der Waals surface area (Å²) in [6.07, 6.45) is 0. The van der Waals surface area contributed by atoms with E-state index in [9.17, 15) is 4.79 Å². The van der Waals surface area contributed by atoms with Gasteiger partial charge in [-0.3, -0.25) is 4.79 Å². The van der Waals surface area contributed by atoms with Gasteiger partial charge in [0.25, 0.3) is 5.91 Å². The molecule has 0 bridgehead atoms. The third-order valence-electron chi connectivity index (χ3n) is 4.18. The lowest BCUT2D eigenvalue weighted by molar-refractivity contribution is 0.0706. The van der Waals surface area contributed by atoms with Crippen molar-refractivity contribution >= 4 is 5.91 Å². The Morgan fingerprint density at radius 3 is 2.32 bits per heavy atom. The van der Waals surface area contributed by atoms with Gasteiger partial charge in [0.1, 0.15) is 18.1 Å². The quantitative estimate of drug-likeness (QED) is 0.656. The molecule has 1 heterocycles. The van der Waals surface area contributed by atoms with Crippen molar-refractivity contribution in [1.82, 2.24) is 4.90 Å². The average Bonchev–Trinajstić information content (AvgIpc) is 3.15. The molecule has 0 N–H and O–H groups in total. The van der Waals surface area contributed by atoms with E-state index in [4.69, 9.17) is 9.15 Å². The molecule has 0 aliphatic rings. The fourth-order valence-corrected chi connectivity index (χ4v) is 2.55. The lowest BCUT2D eigenvalue weighted by Crippen LogP contribution is -2.29. The number of hydrogen-bond donors (Lipinski definition) is 0. The smallest absolute Gasteiger partial charge is 0.289 e. The monoisotopic (exact) mass is 335 g/mol. The van der Waals surface area contributed by atoms with Crippen LogP contribution in [-0.4, -0.2) is 17.9 Å². The Labute approximate surface area is 147 Å². The summed E-state index contributed by atoms with van der Waals surface area (Å²) in [6.45, 7) is 2.28. The molecule has 1 amide bonds. The van der Waals surface area contributed by atoms with Crippen LogP contribution in [0.25, 0.3) is 0 Å². The number of hydrogen-bond acceptors (Lipinski definition) is 3. The minimum atomic E-state index is -0.151. The molecule has 0 saturated carbocycles. The fourth-order valence-electron chi connectivity index (χ4n) is 2.55. The molecule has 1 aromatic heterocycles. The van der Waals surface area contributed by atoms with E-state index in [2.05, 4.69) is 0 Å². The van der Waals surface area contributed by atoms with Gasteiger partial charge in [0.2, 0.25) is 0 Å². The molecule has 1 atom stereocenters. The Morgan fingerprint density at radius 1 is 1.00 bits per heavy atom. The Morgan fingerprint density at radius 2 is 1.64 bits per heavy atom. The topological polar surface area (TPSA) is 42.7 Å². The number of rotatable bonds is 6. The molecule has 0 aliphatic carbocycles. The molecule has 0 saturated heterocycles. The van der Waals surface area contributed by atoms with E-state index in [1.807, 2.05) is 67.6 Å². The zero-order chi connectivity index (χ0) is 17.6. The van der Waals surface area contributed by atoms with Gasteiger partial charge < -0.3 is 14.1 Å². The first-order valence-corrected chi connectivity index (χ1v) is 8.24. The van der Waals surface area contributed by atoms with Gasteiger partial charge in [0.15, 0.2) is 5.76 Å². The normalized spacial score (nSPS) is 11.8. The number of furan rings is 1. The van der Waals surface area contributed by atoms with Crippen LogP contribution in [0.5, 0.6) is 5.75 Å². The summed E-state index contributed by atoms with van der Waals surface area (Å²) in [5, 5.41) is 0. The summed E-state index contributed by atoms with van der Waals surface area (Å²) in [5.74, 6) is 1.55. The minimum absolute atomic E-state index is 0.0391. The number of carbonyl (C=O) groups is 1. The summed E-state index contributed by atoms with van der Waals surface area (Å²) in [6, 6.07) is 22.9. The number of carbonyl (C=O) groups excluding carboxylic acids is 1. The molecular weight excluding hydrogens is 314 g/mol. The molecular formula is C21H21NO3. The first-order valence-electron chi connectivity index (χ1n) is 8.24. The molecule has 0 spiro atoms. The molecule has 0 aliphatic heterocycles. The van der Waals surface area contributed by atoms with Crippen LogP contribution < -0.4 is 4.74 Å². The summed E-state index contributed by atoms with van der Waals surface area (Å²) >= 11 is 0. The first-order chi connectivity index (χ1) is 12.1. The second kappa shape index (κ2) is 7.71. The second-order valence-corrected chi connectivity index (χ2v) is 5.87. The highest BCUT2D eigenvalue weighted by molar-refractivity contribution is 5.91. The van der Waals surface area contributed by atoms with E-state index >= 15 is 0 Å². The SMILES string of the molecule is C[C@@H](c1ccccc1)N(C)C(=O)c1ccc(COc2ccccc2)o1. The molecule has 0 fully saturated rings. The molecule has 3 rings (SSSR count). The van der Waals surface area contributed by atoms with Crippen molar-refractivity contribution < 1.29 is 13.9 Å². The lowest BCUT2D eigenvalue weighted by Gasteiger charge is -2.24. The van der Waals surface area contributed by atoms with Crippen molar-refractivity contribution in [3.05, 3.63) is 89.9 Å². The fraction of sp³-hybridized carbons (Fsp3) is 0.190. The van der Waals surface area contributed by atoms with Gasteiger partial charge in [-0.2, -0.15) is 0 Å². The van der Waals surface area contributed by atoms with Crippen LogP contribution in [0, 0.1) is 0 Å². The van der Waals surface area contributed by atoms with E-state index in [0.717, 1.165) is 11.3 Å². The highest BCUT2D eigenvalue weighted by atomic mass is 16.5. The van der Waals surface area contributed by atoms with Crippen LogP contribution in [0.4, 0.5) is 0 Å². The Bertz CT molecular complexity index is 811. The van der Waals surface area contributed by atoms with Crippen LogP contribution in [0.3, 0.4) is 0 Å². The molecule has 25 heavy (non-hydrogen) atoms. The Kier molecular flexibility index (Phi) is 5.19. The predicted molar refractivity (Wildman–Crippen MR) is 96.4 cm³/mol.